The Morgan fingerprint density at radius 1 is 0.821 bits per heavy atom. The van der Waals surface area contributed by atoms with Crippen LogP contribution in [0.1, 0.15) is 51.2 Å². The largest absolute Gasteiger partial charge is 0.339 e. The number of benzene rings is 1. The molecular weight excluding hydrogens is 384 g/mol. The van der Waals surface area contributed by atoms with Crippen molar-refractivity contribution in [2.75, 3.05) is 52.9 Å². The molecule has 3 N–H and O–H groups in total. The van der Waals surface area contributed by atoms with E-state index in [9.17, 15) is 0 Å². The van der Waals surface area contributed by atoms with Crippen molar-refractivity contribution in [1.82, 2.24) is 20.9 Å². The molecule has 0 aliphatic heterocycles. The van der Waals surface area contributed by atoms with E-state index >= 15 is 0 Å². The summed E-state index contributed by atoms with van der Waals surface area (Å²) in [5, 5.41) is 10.2. The molecule has 0 unspecified atom stereocenters. The van der Waals surface area contributed by atoms with Gasteiger partial charge in [-0.2, -0.15) is 6.42 Å². The summed E-state index contributed by atoms with van der Waals surface area (Å²) in [5.74, 6) is 0. The van der Waals surface area contributed by atoms with E-state index in [1.54, 1.807) is 0 Å². The Bertz CT molecular complexity index is 412. The van der Waals surface area contributed by atoms with Crippen LogP contribution in [0.25, 0.3) is 0 Å². The Morgan fingerprint density at radius 3 is 1.89 bits per heavy atom. The van der Waals surface area contributed by atoms with Crippen LogP contribution >= 0.6 is 0 Å². The van der Waals surface area contributed by atoms with E-state index in [4.69, 9.17) is 0 Å². The van der Waals surface area contributed by atoms with Crippen molar-refractivity contribution in [2.24, 2.45) is 0 Å². The predicted octanol–water partition coefficient (Wildman–Crippen LogP) is 3.48. The number of hydrogen-bond acceptors (Lipinski definition) is 4. The van der Waals surface area contributed by atoms with Crippen molar-refractivity contribution >= 4 is 0 Å². The van der Waals surface area contributed by atoms with E-state index in [-0.39, 0.29) is 17.4 Å². The van der Waals surface area contributed by atoms with Crippen molar-refractivity contribution in [3.63, 3.8) is 0 Å². The van der Waals surface area contributed by atoms with Gasteiger partial charge in [-0.15, -0.1) is 0 Å². The summed E-state index contributed by atoms with van der Waals surface area (Å²) in [6.07, 6.45) is 4.46. The van der Waals surface area contributed by atoms with Gasteiger partial charge in [0, 0.05) is 37.0 Å². The van der Waals surface area contributed by atoms with E-state index in [0.29, 0.717) is 0 Å². The fourth-order valence-electron chi connectivity index (χ4n) is 2.87. The maximum Gasteiger partial charge on any atom is 0.0234 e. The smallest absolute Gasteiger partial charge is 0.0234 e. The summed E-state index contributed by atoms with van der Waals surface area (Å²) in [7, 11) is 2.00. The molecule has 0 fully saturated rings. The molecule has 0 radical (unpaired) electrons. The molecule has 0 aliphatic rings. The summed E-state index contributed by atoms with van der Waals surface area (Å²) < 4.78 is 0. The van der Waals surface area contributed by atoms with E-state index in [2.05, 4.69) is 59.0 Å². The summed E-state index contributed by atoms with van der Waals surface area (Å²) in [4.78, 5) is 2.54. The van der Waals surface area contributed by atoms with Crippen molar-refractivity contribution in [3.05, 3.63) is 42.3 Å². The molecule has 0 spiro atoms. The van der Waals surface area contributed by atoms with Gasteiger partial charge >= 0.3 is 0 Å². The molecule has 164 valence electrons. The van der Waals surface area contributed by atoms with Crippen molar-refractivity contribution in [2.45, 2.75) is 53.0 Å². The molecular formula is C23H45CrN4-. The second kappa shape index (κ2) is 22.9. The molecule has 0 saturated heterocycles. The minimum Gasteiger partial charge on any atom is -0.339 e. The minimum absolute atomic E-state index is 0. The zero-order chi connectivity index (χ0) is 20.2. The normalized spacial score (nSPS) is 10.4. The molecule has 0 atom stereocenters. The molecule has 4 nitrogen and oxygen atoms in total. The molecule has 0 aromatic heterocycles. The third-order valence-electron chi connectivity index (χ3n) is 4.35. The minimum atomic E-state index is 0. The van der Waals surface area contributed by atoms with Crippen LogP contribution in [0, 0.1) is 6.92 Å². The molecule has 1 rings (SSSR count). The van der Waals surface area contributed by atoms with Crippen molar-refractivity contribution < 1.29 is 17.4 Å². The first-order valence-electron chi connectivity index (χ1n) is 11.0. The summed E-state index contributed by atoms with van der Waals surface area (Å²) >= 11 is 0. The molecule has 5 heteroatoms. The van der Waals surface area contributed by atoms with Gasteiger partial charge in [0.15, 0.2) is 0 Å². The first kappa shape index (κ1) is 29.8. The summed E-state index contributed by atoms with van der Waals surface area (Å²) in [6, 6.07) is 8.90. The van der Waals surface area contributed by atoms with Crippen LogP contribution in [0.15, 0.2) is 24.3 Å². The third-order valence-corrected chi connectivity index (χ3v) is 4.35. The fourth-order valence-corrected chi connectivity index (χ4v) is 2.87. The van der Waals surface area contributed by atoms with E-state index in [1.807, 2.05) is 20.9 Å². The first-order valence-corrected chi connectivity index (χ1v) is 11.0. The van der Waals surface area contributed by atoms with Gasteiger partial charge in [0.1, 0.15) is 0 Å². The summed E-state index contributed by atoms with van der Waals surface area (Å²) in [6.45, 7) is 19.0. The predicted molar refractivity (Wildman–Crippen MR) is 121 cm³/mol. The number of nitrogens with zero attached hydrogens (tertiary/aromatic N) is 1. The van der Waals surface area contributed by atoms with Crippen LogP contribution in [0.4, 0.5) is 0 Å². The number of hydrogen-bond donors (Lipinski definition) is 3. The van der Waals surface area contributed by atoms with E-state index in [0.717, 1.165) is 58.8 Å². The Kier molecular flexibility index (Phi) is 24.3. The second-order valence-corrected chi connectivity index (χ2v) is 6.65. The number of nitrogens with one attached hydrogen (secondary N) is 3. The molecule has 0 bridgehead atoms. The van der Waals surface area contributed by atoms with Gasteiger partial charge in [-0.05, 0) is 64.6 Å². The molecule has 1 aromatic rings. The van der Waals surface area contributed by atoms with Crippen molar-refractivity contribution in [1.29, 1.82) is 0 Å². The Balaban J connectivity index is 0. The molecule has 1 aromatic carbocycles. The van der Waals surface area contributed by atoms with Crippen LogP contribution in [-0.4, -0.2) is 57.8 Å². The topological polar surface area (TPSA) is 39.3 Å². The van der Waals surface area contributed by atoms with Gasteiger partial charge in [-0.1, -0.05) is 50.6 Å². The average molecular weight is 430 g/mol. The molecule has 0 amide bonds. The van der Waals surface area contributed by atoms with E-state index in [1.165, 1.54) is 30.4 Å². The molecule has 28 heavy (non-hydrogen) atoms. The number of rotatable bonds is 16. The van der Waals surface area contributed by atoms with Crippen molar-refractivity contribution in [3.8, 4) is 0 Å². The van der Waals surface area contributed by atoms with Gasteiger partial charge in [-0.25, -0.2) is 0 Å². The van der Waals surface area contributed by atoms with E-state index < -0.39 is 0 Å². The van der Waals surface area contributed by atoms with Crippen LogP contribution < -0.4 is 16.0 Å². The first-order chi connectivity index (χ1) is 13.3. The Hall–Kier alpha value is -0.408. The van der Waals surface area contributed by atoms with Gasteiger partial charge in [0.05, 0.1) is 0 Å². The van der Waals surface area contributed by atoms with Gasteiger partial charge in [0.25, 0.3) is 0 Å². The maximum atomic E-state index is 3.94. The van der Waals surface area contributed by atoms with Gasteiger partial charge in [0.2, 0.25) is 0 Å². The Morgan fingerprint density at radius 2 is 1.36 bits per heavy atom. The molecule has 0 saturated carbocycles. The quantitative estimate of drug-likeness (QED) is 0.278. The van der Waals surface area contributed by atoms with Crippen LogP contribution in [0.5, 0.6) is 0 Å². The molecule has 0 aliphatic carbocycles. The zero-order valence-corrected chi connectivity index (χ0v) is 20.1. The molecule has 0 heterocycles. The Labute approximate surface area is 186 Å². The average Bonchev–Trinajstić information content (AvgIpc) is 2.71. The standard InChI is InChI=1S/C21H39N4.C2H6.Cr/c1-4-17-25(19-21-10-8-20(5-2)9-11-21)18-16-24-15-7-14-23-13-6-12-22-3;1-2;/h8-11,22-24H,2,4-7,12-19H2,1,3H3;1-2H3;/q-1;;. The zero-order valence-electron chi connectivity index (χ0n) is 18.9. The van der Waals surface area contributed by atoms with Crippen LogP contribution in [-0.2, 0) is 30.3 Å². The fraction of sp³-hybridized carbons (Fsp3) is 0.696. The second-order valence-electron chi connectivity index (χ2n) is 6.65. The summed E-state index contributed by atoms with van der Waals surface area (Å²) in [5.41, 5.74) is 2.71. The maximum absolute atomic E-state index is 3.94. The van der Waals surface area contributed by atoms with Gasteiger partial charge in [-0.3, -0.25) is 4.90 Å². The van der Waals surface area contributed by atoms with Crippen LogP contribution in [0.2, 0.25) is 0 Å². The van der Waals surface area contributed by atoms with Gasteiger partial charge < -0.3 is 22.9 Å². The van der Waals surface area contributed by atoms with Crippen LogP contribution in [0.3, 0.4) is 0 Å². The SMILES string of the molecule is CC.[CH2-]Cc1ccc(CN(CCC)CCNCCCNCCCNC)cc1.[Cr]. The monoisotopic (exact) mass is 429 g/mol. The third kappa shape index (κ3) is 16.5.